The summed E-state index contributed by atoms with van der Waals surface area (Å²) in [5.41, 5.74) is 1.54. The predicted molar refractivity (Wildman–Crippen MR) is 81.4 cm³/mol. The lowest BCUT2D eigenvalue weighted by molar-refractivity contribution is 0.189. The Morgan fingerprint density at radius 1 is 1.05 bits per heavy atom. The molecule has 1 aromatic carbocycles. The molecule has 1 nitrogen and oxygen atoms in total. The second kappa shape index (κ2) is 6.09. The molecule has 2 atom stereocenters. The van der Waals surface area contributed by atoms with Crippen molar-refractivity contribution in [1.29, 1.82) is 0 Å². The minimum absolute atomic E-state index is 0.780. The third-order valence-corrected chi connectivity index (χ3v) is 5.29. The maximum absolute atomic E-state index is 3.96. The second-order valence-corrected chi connectivity index (χ2v) is 6.50. The molecule has 0 heterocycles. The fraction of sp³-hybridized carbons (Fsp3) is 0.667. The van der Waals surface area contributed by atoms with E-state index in [4.69, 9.17) is 0 Å². The molecule has 2 saturated carbocycles. The first-order valence-electron chi connectivity index (χ1n) is 8.17. The Morgan fingerprint density at radius 3 is 2.53 bits per heavy atom. The predicted octanol–water partition coefficient (Wildman–Crippen LogP) is 4.49. The Morgan fingerprint density at radius 2 is 1.79 bits per heavy atom. The summed E-state index contributed by atoms with van der Waals surface area (Å²) in [6, 6.07) is 12.6. The zero-order valence-corrected chi connectivity index (χ0v) is 12.1. The van der Waals surface area contributed by atoms with Crippen LogP contribution in [0.25, 0.3) is 0 Å². The van der Waals surface area contributed by atoms with Gasteiger partial charge < -0.3 is 5.32 Å². The van der Waals surface area contributed by atoms with Gasteiger partial charge in [-0.05, 0) is 43.1 Å². The number of nitrogens with one attached hydrogen (secondary N) is 1. The Bertz CT molecular complexity index is 380. The average Bonchev–Trinajstić information content (AvgIpc) is 2.43. The van der Waals surface area contributed by atoms with Crippen LogP contribution < -0.4 is 5.32 Å². The van der Waals surface area contributed by atoms with Crippen molar-refractivity contribution in [2.45, 2.75) is 69.9 Å². The monoisotopic (exact) mass is 257 g/mol. The first-order valence-corrected chi connectivity index (χ1v) is 8.17. The van der Waals surface area contributed by atoms with Gasteiger partial charge in [-0.3, -0.25) is 0 Å². The van der Waals surface area contributed by atoms with Crippen molar-refractivity contribution in [3.63, 3.8) is 0 Å². The van der Waals surface area contributed by atoms with Crippen LogP contribution in [0.15, 0.2) is 30.3 Å². The molecule has 0 radical (unpaired) electrons. The Hall–Kier alpha value is -0.820. The first kappa shape index (κ1) is 13.2. The Labute approximate surface area is 117 Å². The molecule has 0 aliphatic heterocycles. The van der Waals surface area contributed by atoms with Crippen LogP contribution in [0.1, 0.15) is 63.4 Å². The minimum atomic E-state index is 0.780. The van der Waals surface area contributed by atoms with E-state index < -0.39 is 0 Å². The standard InChI is InChI=1S/C18H27N/c1-2-14-8-6-7-11-18(14)19-17-12-16(13-17)15-9-4-3-5-10-15/h3-5,9-10,14,16-19H,2,6-8,11-13H2,1H3. The largest absolute Gasteiger partial charge is 0.311 e. The SMILES string of the molecule is CCC1CCCCC1NC1CC(c2ccccc2)C1. The van der Waals surface area contributed by atoms with E-state index in [1.807, 2.05) is 0 Å². The van der Waals surface area contributed by atoms with Crippen molar-refractivity contribution in [1.82, 2.24) is 5.32 Å². The van der Waals surface area contributed by atoms with E-state index in [-0.39, 0.29) is 0 Å². The van der Waals surface area contributed by atoms with Gasteiger partial charge in [-0.2, -0.15) is 0 Å². The van der Waals surface area contributed by atoms with Gasteiger partial charge in [0.15, 0.2) is 0 Å². The van der Waals surface area contributed by atoms with Gasteiger partial charge in [0.2, 0.25) is 0 Å². The molecule has 1 heteroatoms. The molecular weight excluding hydrogens is 230 g/mol. The number of benzene rings is 1. The van der Waals surface area contributed by atoms with Crippen LogP contribution in [0.5, 0.6) is 0 Å². The molecule has 1 aromatic rings. The van der Waals surface area contributed by atoms with Gasteiger partial charge in [-0.25, -0.2) is 0 Å². The Balaban J connectivity index is 1.48. The molecule has 0 spiro atoms. The highest BCUT2D eigenvalue weighted by Crippen LogP contribution is 2.38. The molecule has 0 bridgehead atoms. The summed E-state index contributed by atoms with van der Waals surface area (Å²) in [7, 11) is 0. The summed E-state index contributed by atoms with van der Waals surface area (Å²) in [6.45, 7) is 2.36. The van der Waals surface area contributed by atoms with Crippen molar-refractivity contribution >= 4 is 0 Å². The van der Waals surface area contributed by atoms with Crippen LogP contribution in [0.4, 0.5) is 0 Å². The third-order valence-electron chi connectivity index (χ3n) is 5.29. The van der Waals surface area contributed by atoms with Crippen LogP contribution in [0, 0.1) is 5.92 Å². The molecule has 0 aromatic heterocycles. The summed E-state index contributed by atoms with van der Waals surface area (Å²) in [6.07, 6.45) is 9.78. The van der Waals surface area contributed by atoms with Gasteiger partial charge in [0.05, 0.1) is 0 Å². The molecule has 0 saturated heterocycles. The van der Waals surface area contributed by atoms with Crippen molar-refractivity contribution in [3.8, 4) is 0 Å². The lowest BCUT2D eigenvalue weighted by atomic mass is 9.74. The van der Waals surface area contributed by atoms with Crippen molar-refractivity contribution in [2.24, 2.45) is 5.92 Å². The molecule has 2 aliphatic carbocycles. The summed E-state index contributed by atoms with van der Waals surface area (Å²) in [4.78, 5) is 0. The van der Waals surface area contributed by atoms with Crippen LogP contribution in [0.3, 0.4) is 0 Å². The first-order chi connectivity index (χ1) is 9.36. The van der Waals surface area contributed by atoms with Gasteiger partial charge in [0, 0.05) is 12.1 Å². The van der Waals surface area contributed by atoms with E-state index in [0.29, 0.717) is 0 Å². The van der Waals surface area contributed by atoms with Crippen LogP contribution >= 0.6 is 0 Å². The Kier molecular flexibility index (Phi) is 4.22. The molecule has 104 valence electrons. The van der Waals surface area contributed by atoms with E-state index in [2.05, 4.69) is 42.6 Å². The number of hydrogen-bond donors (Lipinski definition) is 1. The molecule has 0 amide bonds. The van der Waals surface area contributed by atoms with E-state index in [1.165, 1.54) is 50.5 Å². The highest BCUT2D eigenvalue weighted by atomic mass is 15.0. The number of rotatable bonds is 4. The zero-order valence-electron chi connectivity index (χ0n) is 12.1. The van der Waals surface area contributed by atoms with Gasteiger partial charge in [0.1, 0.15) is 0 Å². The molecule has 3 rings (SSSR count). The highest BCUT2D eigenvalue weighted by molar-refractivity contribution is 5.22. The number of hydrogen-bond acceptors (Lipinski definition) is 1. The van der Waals surface area contributed by atoms with Gasteiger partial charge in [0.25, 0.3) is 0 Å². The van der Waals surface area contributed by atoms with Gasteiger partial charge in [-0.15, -0.1) is 0 Å². The lowest BCUT2D eigenvalue weighted by Crippen LogP contribution is -2.49. The molecule has 19 heavy (non-hydrogen) atoms. The maximum atomic E-state index is 3.96. The lowest BCUT2D eigenvalue weighted by Gasteiger charge is -2.42. The van der Waals surface area contributed by atoms with Crippen molar-refractivity contribution < 1.29 is 0 Å². The normalized spacial score (nSPS) is 34.8. The summed E-state index contributed by atoms with van der Waals surface area (Å²) in [5, 5.41) is 3.96. The molecule has 1 N–H and O–H groups in total. The van der Waals surface area contributed by atoms with E-state index >= 15 is 0 Å². The smallest absolute Gasteiger partial charge is 0.00978 e. The van der Waals surface area contributed by atoms with Crippen LogP contribution in [-0.4, -0.2) is 12.1 Å². The highest BCUT2D eigenvalue weighted by Gasteiger charge is 2.33. The fourth-order valence-electron chi connectivity index (χ4n) is 3.97. The van der Waals surface area contributed by atoms with Crippen molar-refractivity contribution in [2.75, 3.05) is 0 Å². The van der Waals surface area contributed by atoms with E-state index in [1.54, 1.807) is 0 Å². The quantitative estimate of drug-likeness (QED) is 0.838. The average molecular weight is 257 g/mol. The summed E-state index contributed by atoms with van der Waals surface area (Å²) in [5.74, 6) is 1.74. The summed E-state index contributed by atoms with van der Waals surface area (Å²) >= 11 is 0. The minimum Gasteiger partial charge on any atom is -0.311 e. The molecular formula is C18H27N. The van der Waals surface area contributed by atoms with Crippen LogP contribution in [0.2, 0.25) is 0 Å². The van der Waals surface area contributed by atoms with Gasteiger partial charge >= 0.3 is 0 Å². The van der Waals surface area contributed by atoms with Crippen molar-refractivity contribution in [3.05, 3.63) is 35.9 Å². The topological polar surface area (TPSA) is 12.0 Å². The second-order valence-electron chi connectivity index (χ2n) is 6.50. The molecule has 2 fully saturated rings. The summed E-state index contributed by atoms with van der Waals surface area (Å²) < 4.78 is 0. The fourth-order valence-corrected chi connectivity index (χ4v) is 3.97. The zero-order chi connectivity index (χ0) is 13.1. The van der Waals surface area contributed by atoms with Crippen LogP contribution in [-0.2, 0) is 0 Å². The van der Waals surface area contributed by atoms with E-state index in [9.17, 15) is 0 Å². The van der Waals surface area contributed by atoms with E-state index in [0.717, 1.165) is 23.9 Å². The third kappa shape index (κ3) is 3.02. The molecule has 2 aliphatic rings. The van der Waals surface area contributed by atoms with Gasteiger partial charge in [-0.1, -0.05) is 56.5 Å². The maximum Gasteiger partial charge on any atom is 0.00978 e. The molecule has 2 unspecified atom stereocenters.